The molecule has 23 heavy (non-hydrogen) atoms. The number of nitrogens with zero attached hydrogens (tertiary/aromatic N) is 3. The van der Waals surface area contributed by atoms with Gasteiger partial charge in [0.05, 0.1) is 16.7 Å². The van der Waals surface area contributed by atoms with E-state index in [-0.39, 0.29) is 25.0 Å². The van der Waals surface area contributed by atoms with E-state index in [1.54, 1.807) is 18.2 Å². The lowest BCUT2D eigenvalue weighted by molar-refractivity contribution is 0.00856. The van der Waals surface area contributed by atoms with Crippen LogP contribution in [0.3, 0.4) is 0 Å². The molecule has 1 unspecified atom stereocenters. The Balaban J connectivity index is 2.08. The summed E-state index contributed by atoms with van der Waals surface area (Å²) < 4.78 is 4.77. The number of halogens is 2. The molecule has 0 radical (unpaired) electrons. The number of aliphatic hydroxyl groups is 1. The second kappa shape index (κ2) is 8.23. The molecule has 0 saturated carbocycles. The lowest BCUT2D eigenvalue weighted by atomic mass is 10.1. The molecule has 1 aromatic carbocycles. The van der Waals surface area contributed by atoms with Crippen LogP contribution < -0.4 is 11.2 Å². The van der Waals surface area contributed by atoms with Crippen LogP contribution in [0.2, 0.25) is 10.0 Å². The number of anilines is 2. The lowest BCUT2D eigenvalue weighted by Gasteiger charge is -2.11. The van der Waals surface area contributed by atoms with E-state index in [1.807, 2.05) is 0 Å². The Morgan fingerprint density at radius 2 is 2.09 bits per heavy atom. The van der Waals surface area contributed by atoms with Crippen LogP contribution >= 0.6 is 23.2 Å². The number of rotatable bonds is 7. The van der Waals surface area contributed by atoms with Crippen molar-refractivity contribution in [2.75, 3.05) is 31.5 Å². The summed E-state index contributed by atoms with van der Waals surface area (Å²) in [7, 11) is 1.48. The molecule has 1 atom stereocenters. The fourth-order valence-electron chi connectivity index (χ4n) is 1.70. The Morgan fingerprint density at radius 1 is 1.30 bits per heavy atom. The maximum atomic E-state index is 9.43. The number of nitrogens with two attached hydrogens (primary N) is 1. The fraction of sp³-hybridized carbons (Fsp3) is 0.308. The number of aliphatic hydroxyl groups excluding tert-OH is 1. The van der Waals surface area contributed by atoms with E-state index in [4.69, 9.17) is 38.5 Å². The number of aromatic nitrogens is 3. The van der Waals surface area contributed by atoms with Gasteiger partial charge in [-0.3, -0.25) is 4.84 Å². The van der Waals surface area contributed by atoms with Crippen molar-refractivity contribution in [3.8, 4) is 11.3 Å². The monoisotopic (exact) mass is 359 g/mol. The van der Waals surface area contributed by atoms with Crippen molar-refractivity contribution < 1.29 is 14.7 Å². The van der Waals surface area contributed by atoms with Gasteiger partial charge in [-0.15, -0.1) is 10.2 Å². The van der Waals surface area contributed by atoms with Crippen LogP contribution in [0.25, 0.3) is 11.3 Å². The van der Waals surface area contributed by atoms with Gasteiger partial charge < -0.3 is 15.6 Å². The maximum Gasteiger partial charge on any atom is 0.268 e. The van der Waals surface area contributed by atoms with Gasteiger partial charge in [0.1, 0.15) is 18.4 Å². The summed E-state index contributed by atoms with van der Waals surface area (Å²) in [5, 5.41) is 17.9. The topological polar surface area (TPSA) is 115 Å². The Hall–Kier alpha value is -1.71. The largest absolute Gasteiger partial charge is 0.388 e. The minimum absolute atomic E-state index is 0.0149. The molecule has 0 aliphatic heterocycles. The number of hydrogen-bond donors (Lipinski definition) is 3. The minimum atomic E-state index is -0.776. The van der Waals surface area contributed by atoms with Gasteiger partial charge in [-0.25, -0.2) is 5.48 Å². The van der Waals surface area contributed by atoms with Crippen molar-refractivity contribution in [3.63, 3.8) is 0 Å². The lowest BCUT2D eigenvalue weighted by Crippen LogP contribution is -2.23. The third-order valence-electron chi connectivity index (χ3n) is 2.72. The van der Waals surface area contributed by atoms with Gasteiger partial charge in [0.15, 0.2) is 5.82 Å². The van der Waals surface area contributed by atoms with Crippen LogP contribution in [0.15, 0.2) is 18.2 Å². The molecule has 0 amide bonds. The summed E-state index contributed by atoms with van der Waals surface area (Å²) in [5.74, 6) is 0.154. The second-order valence-electron chi connectivity index (χ2n) is 4.49. The van der Waals surface area contributed by atoms with Gasteiger partial charge in [-0.2, -0.15) is 4.98 Å². The van der Waals surface area contributed by atoms with Gasteiger partial charge >= 0.3 is 0 Å². The molecule has 0 bridgehead atoms. The molecule has 8 nitrogen and oxygen atoms in total. The zero-order valence-corrected chi connectivity index (χ0v) is 13.7. The number of ether oxygens (including phenoxy) is 1. The van der Waals surface area contributed by atoms with Crippen LogP contribution in [0.4, 0.5) is 11.8 Å². The highest BCUT2D eigenvalue weighted by Crippen LogP contribution is 2.34. The summed E-state index contributed by atoms with van der Waals surface area (Å²) in [6.07, 6.45) is -0.776. The first-order chi connectivity index (χ1) is 11.0. The SMILES string of the molecule is COCC(O)CONc1nnc(-c2cccc(Cl)c2Cl)c(N)n1. The van der Waals surface area contributed by atoms with Gasteiger partial charge in [-0.1, -0.05) is 35.3 Å². The van der Waals surface area contributed by atoms with Crippen molar-refractivity contribution in [2.45, 2.75) is 6.10 Å². The van der Waals surface area contributed by atoms with E-state index in [0.717, 1.165) is 0 Å². The first-order valence-corrected chi connectivity index (χ1v) is 7.28. The number of nitrogens with one attached hydrogen (secondary N) is 1. The zero-order chi connectivity index (χ0) is 16.8. The first kappa shape index (κ1) is 17.6. The van der Waals surface area contributed by atoms with Crippen LogP contribution in [0.1, 0.15) is 0 Å². The molecule has 1 heterocycles. The Morgan fingerprint density at radius 3 is 2.78 bits per heavy atom. The molecule has 124 valence electrons. The van der Waals surface area contributed by atoms with Crippen molar-refractivity contribution in [1.82, 2.24) is 15.2 Å². The number of nitrogen functional groups attached to an aromatic ring is 1. The number of methoxy groups -OCH3 is 1. The summed E-state index contributed by atoms with van der Waals surface area (Å²) in [5.41, 5.74) is 9.15. The van der Waals surface area contributed by atoms with Gasteiger partial charge in [0.25, 0.3) is 5.95 Å². The average Bonchev–Trinajstić information content (AvgIpc) is 2.51. The van der Waals surface area contributed by atoms with Crippen LogP contribution in [0, 0.1) is 0 Å². The van der Waals surface area contributed by atoms with E-state index in [9.17, 15) is 5.11 Å². The second-order valence-corrected chi connectivity index (χ2v) is 5.28. The molecule has 2 rings (SSSR count). The maximum absolute atomic E-state index is 9.43. The molecule has 4 N–H and O–H groups in total. The smallest absolute Gasteiger partial charge is 0.268 e. The highest BCUT2D eigenvalue weighted by Gasteiger charge is 2.14. The predicted molar refractivity (Wildman–Crippen MR) is 87.2 cm³/mol. The van der Waals surface area contributed by atoms with Crippen LogP contribution in [-0.4, -0.2) is 46.7 Å². The molecule has 2 aromatic rings. The van der Waals surface area contributed by atoms with Gasteiger partial charge in [0.2, 0.25) is 0 Å². The number of hydrogen-bond acceptors (Lipinski definition) is 8. The fourth-order valence-corrected chi connectivity index (χ4v) is 2.09. The Kier molecular flexibility index (Phi) is 6.31. The van der Waals surface area contributed by atoms with Crippen molar-refractivity contribution in [2.24, 2.45) is 0 Å². The van der Waals surface area contributed by atoms with Crippen molar-refractivity contribution in [3.05, 3.63) is 28.2 Å². The molecular formula is C13H15Cl2N5O3. The predicted octanol–water partition coefficient (Wildman–Crippen LogP) is 1.78. The van der Waals surface area contributed by atoms with E-state index >= 15 is 0 Å². The molecule has 0 aliphatic carbocycles. The summed E-state index contributed by atoms with van der Waals surface area (Å²) >= 11 is 12.1. The highest BCUT2D eigenvalue weighted by molar-refractivity contribution is 6.43. The minimum Gasteiger partial charge on any atom is -0.388 e. The average molecular weight is 360 g/mol. The van der Waals surface area contributed by atoms with Crippen LogP contribution in [-0.2, 0) is 9.57 Å². The van der Waals surface area contributed by atoms with Gasteiger partial charge in [0, 0.05) is 12.7 Å². The quantitative estimate of drug-likeness (QED) is 0.640. The van der Waals surface area contributed by atoms with Crippen LogP contribution in [0.5, 0.6) is 0 Å². The molecule has 1 aromatic heterocycles. The third-order valence-corrected chi connectivity index (χ3v) is 3.54. The summed E-state index contributed by atoms with van der Waals surface area (Å²) in [6.45, 7) is 0.133. The molecule has 0 aliphatic rings. The van der Waals surface area contributed by atoms with E-state index in [1.165, 1.54) is 7.11 Å². The van der Waals surface area contributed by atoms with E-state index < -0.39 is 6.10 Å². The molecule has 0 fully saturated rings. The normalized spacial score (nSPS) is 12.2. The van der Waals surface area contributed by atoms with Crippen molar-refractivity contribution >= 4 is 35.0 Å². The van der Waals surface area contributed by atoms with E-state index in [2.05, 4.69) is 20.7 Å². The third kappa shape index (κ3) is 4.63. The summed E-state index contributed by atoms with van der Waals surface area (Å²) in [6, 6.07) is 5.08. The number of benzene rings is 1. The highest BCUT2D eigenvalue weighted by atomic mass is 35.5. The van der Waals surface area contributed by atoms with E-state index in [0.29, 0.717) is 21.3 Å². The zero-order valence-electron chi connectivity index (χ0n) is 12.2. The molecule has 10 heteroatoms. The van der Waals surface area contributed by atoms with Crippen molar-refractivity contribution in [1.29, 1.82) is 0 Å². The Labute approximate surface area is 142 Å². The standard InChI is InChI=1S/C13H15Cl2N5O3/c1-22-5-7(21)6-23-20-13-17-12(16)11(18-19-13)8-3-2-4-9(14)10(8)15/h2-4,7,21H,5-6H2,1H3,(H3,16,17,19,20). The summed E-state index contributed by atoms with van der Waals surface area (Å²) in [4.78, 5) is 9.05. The van der Waals surface area contributed by atoms with Gasteiger partial charge in [-0.05, 0) is 6.07 Å². The first-order valence-electron chi connectivity index (χ1n) is 6.52. The molecular weight excluding hydrogens is 345 g/mol. The molecule has 0 saturated heterocycles. The Bertz CT molecular complexity index is 674. The molecule has 0 spiro atoms.